The number of hydrogen-bond donors (Lipinski definition) is 1. The molecule has 6 nitrogen and oxygen atoms in total. The first kappa shape index (κ1) is 19.9. The summed E-state index contributed by atoms with van der Waals surface area (Å²) in [4.78, 5) is 30.5. The largest absolute Gasteiger partial charge is 0.497 e. The first-order valence-corrected chi connectivity index (χ1v) is 9.74. The summed E-state index contributed by atoms with van der Waals surface area (Å²) in [6, 6.07) is 11.4. The molecule has 148 valence electrons. The molecular formula is C22H27N3O3. The lowest BCUT2D eigenvalue weighted by Gasteiger charge is -2.32. The van der Waals surface area contributed by atoms with Crippen molar-refractivity contribution in [2.24, 2.45) is 5.92 Å². The van der Waals surface area contributed by atoms with E-state index in [1.165, 1.54) is 0 Å². The minimum Gasteiger partial charge on any atom is -0.497 e. The molecule has 3 rings (SSSR count). The van der Waals surface area contributed by atoms with Crippen LogP contribution in [0.4, 0.5) is 0 Å². The van der Waals surface area contributed by atoms with Crippen LogP contribution in [0.1, 0.15) is 35.2 Å². The summed E-state index contributed by atoms with van der Waals surface area (Å²) < 4.78 is 5.21. The van der Waals surface area contributed by atoms with Crippen LogP contribution in [0.5, 0.6) is 5.75 Å². The van der Waals surface area contributed by atoms with Crippen LogP contribution in [-0.2, 0) is 11.2 Å². The summed E-state index contributed by atoms with van der Waals surface area (Å²) in [6.45, 7) is 2.11. The molecule has 2 heterocycles. The highest BCUT2D eigenvalue weighted by Gasteiger charge is 2.23. The number of nitrogens with zero attached hydrogens (tertiary/aromatic N) is 2. The third-order valence-corrected chi connectivity index (χ3v) is 5.17. The maximum Gasteiger partial charge on any atom is 0.255 e. The van der Waals surface area contributed by atoms with E-state index in [1.54, 1.807) is 31.6 Å². The molecule has 0 spiro atoms. The molecule has 0 aliphatic carbocycles. The normalized spacial score (nSPS) is 14.5. The summed E-state index contributed by atoms with van der Waals surface area (Å²) in [5.41, 5.74) is 1.73. The van der Waals surface area contributed by atoms with Crippen LogP contribution in [0.3, 0.4) is 0 Å². The zero-order chi connectivity index (χ0) is 19.8. The molecule has 1 aromatic heterocycles. The molecule has 0 atom stereocenters. The van der Waals surface area contributed by atoms with E-state index in [0.717, 1.165) is 37.2 Å². The van der Waals surface area contributed by atoms with Gasteiger partial charge in [0.05, 0.1) is 12.7 Å². The Morgan fingerprint density at radius 2 is 2.04 bits per heavy atom. The van der Waals surface area contributed by atoms with Gasteiger partial charge in [0.1, 0.15) is 5.75 Å². The Balaban J connectivity index is 1.37. The maximum atomic E-state index is 12.4. The fourth-order valence-corrected chi connectivity index (χ4v) is 3.44. The molecule has 0 saturated carbocycles. The van der Waals surface area contributed by atoms with Gasteiger partial charge in [0, 0.05) is 38.4 Å². The van der Waals surface area contributed by atoms with Gasteiger partial charge in [0.25, 0.3) is 5.91 Å². The molecule has 2 aromatic rings. The van der Waals surface area contributed by atoms with E-state index in [4.69, 9.17) is 4.74 Å². The Morgan fingerprint density at radius 3 is 2.75 bits per heavy atom. The van der Waals surface area contributed by atoms with Crippen molar-refractivity contribution < 1.29 is 14.3 Å². The van der Waals surface area contributed by atoms with Crippen molar-refractivity contribution in [3.8, 4) is 5.75 Å². The van der Waals surface area contributed by atoms with Crippen LogP contribution in [0.25, 0.3) is 0 Å². The molecule has 0 bridgehead atoms. The molecule has 1 aromatic carbocycles. The van der Waals surface area contributed by atoms with Crippen molar-refractivity contribution in [2.75, 3.05) is 26.7 Å². The number of ether oxygens (including phenoxy) is 1. The molecule has 0 radical (unpaired) electrons. The van der Waals surface area contributed by atoms with Gasteiger partial charge in [-0.1, -0.05) is 12.1 Å². The molecule has 1 aliphatic heterocycles. The quantitative estimate of drug-likeness (QED) is 0.800. The number of carbonyl (C=O) groups excluding carboxylic acids is 2. The van der Waals surface area contributed by atoms with Crippen LogP contribution in [-0.4, -0.2) is 48.4 Å². The summed E-state index contributed by atoms with van der Waals surface area (Å²) in [5.74, 6) is 1.33. The highest BCUT2D eigenvalue weighted by Crippen LogP contribution is 2.18. The van der Waals surface area contributed by atoms with Crippen molar-refractivity contribution in [1.29, 1.82) is 0 Å². The SMILES string of the molecule is COc1cccc(CCC(=O)NCC2CCN(C(=O)c3cccnc3)CC2)c1. The van der Waals surface area contributed by atoms with Gasteiger partial charge in [-0.3, -0.25) is 14.6 Å². The summed E-state index contributed by atoms with van der Waals surface area (Å²) in [6.07, 6.45) is 6.24. The fourth-order valence-electron chi connectivity index (χ4n) is 3.44. The zero-order valence-electron chi connectivity index (χ0n) is 16.3. The number of aromatic nitrogens is 1. The first-order valence-electron chi connectivity index (χ1n) is 9.74. The van der Waals surface area contributed by atoms with Crippen LogP contribution in [0.15, 0.2) is 48.8 Å². The lowest BCUT2D eigenvalue weighted by Crippen LogP contribution is -2.41. The van der Waals surface area contributed by atoms with Crippen molar-refractivity contribution in [3.05, 3.63) is 59.9 Å². The van der Waals surface area contributed by atoms with E-state index in [2.05, 4.69) is 10.3 Å². The number of aryl methyl sites for hydroxylation is 1. The van der Waals surface area contributed by atoms with E-state index >= 15 is 0 Å². The summed E-state index contributed by atoms with van der Waals surface area (Å²) in [5, 5.41) is 3.04. The van der Waals surface area contributed by atoms with Gasteiger partial charge in [-0.05, 0) is 55.0 Å². The Morgan fingerprint density at radius 1 is 1.21 bits per heavy atom. The second kappa shape index (κ2) is 9.88. The van der Waals surface area contributed by atoms with Crippen molar-refractivity contribution in [1.82, 2.24) is 15.2 Å². The van der Waals surface area contributed by atoms with E-state index in [1.807, 2.05) is 29.2 Å². The lowest BCUT2D eigenvalue weighted by molar-refractivity contribution is -0.121. The zero-order valence-corrected chi connectivity index (χ0v) is 16.3. The van der Waals surface area contributed by atoms with Gasteiger partial charge in [-0.15, -0.1) is 0 Å². The average molecular weight is 381 g/mol. The maximum absolute atomic E-state index is 12.4. The number of benzene rings is 1. The number of carbonyl (C=O) groups is 2. The number of nitrogens with one attached hydrogen (secondary N) is 1. The first-order chi connectivity index (χ1) is 13.7. The predicted octanol–water partition coefficient (Wildman–Crippen LogP) is 2.69. The van der Waals surface area contributed by atoms with E-state index in [-0.39, 0.29) is 11.8 Å². The number of likely N-dealkylation sites (tertiary alicyclic amines) is 1. The number of methoxy groups -OCH3 is 1. The van der Waals surface area contributed by atoms with Gasteiger partial charge in [0.15, 0.2) is 0 Å². The molecule has 1 saturated heterocycles. The van der Waals surface area contributed by atoms with Crippen molar-refractivity contribution >= 4 is 11.8 Å². The highest BCUT2D eigenvalue weighted by atomic mass is 16.5. The standard InChI is InChI=1S/C22H27N3O3/c1-28-20-6-2-4-17(14-20)7-8-21(26)24-15-18-9-12-25(13-10-18)22(27)19-5-3-11-23-16-19/h2-6,11,14,16,18H,7-10,12-13,15H2,1H3,(H,24,26). The number of piperidine rings is 1. The number of amides is 2. The van der Waals surface area contributed by atoms with E-state index in [9.17, 15) is 9.59 Å². The second-order valence-corrected chi connectivity index (χ2v) is 7.13. The Bertz CT molecular complexity index is 787. The summed E-state index contributed by atoms with van der Waals surface area (Å²) in [7, 11) is 1.64. The van der Waals surface area contributed by atoms with Crippen molar-refractivity contribution in [3.63, 3.8) is 0 Å². The Hall–Kier alpha value is -2.89. The molecule has 0 unspecified atom stereocenters. The van der Waals surface area contributed by atoms with Crippen LogP contribution >= 0.6 is 0 Å². The lowest BCUT2D eigenvalue weighted by atomic mass is 9.96. The predicted molar refractivity (Wildman–Crippen MR) is 107 cm³/mol. The van der Waals surface area contributed by atoms with Crippen LogP contribution in [0, 0.1) is 5.92 Å². The molecule has 1 fully saturated rings. The Kier molecular flexibility index (Phi) is 7.00. The molecule has 28 heavy (non-hydrogen) atoms. The second-order valence-electron chi connectivity index (χ2n) is 7.13. The number of pyridine rings is 1. The van der Waals surface area contributed by atoms with Gasteiger partial charge >= 0.3 is 0 Å². The Labute approximate surface area is 165 Å². The molecular weight excluding hydrogens is 354 g/mol. The molecule has 6 heteroatoms. The minimum atomic E-state index is 0.0360. The van der Waals surface area contributed by atoms with E-state index in [0.29, 0.717) is 30.9 Å². The van der Waals surface area contributed by atoms with Gasteiger partial charge in [-0.25, -0.2) is 0 Å². The van der Waals surface area contributed by atoms with Crippen LogP contribution in [0.2, 0.25) is 0 Å². The number of rotatable bonds is 7. The van der Waals surface area contributed by atoms with Crippen LogP contribution < -0.4 is 10.1 Å². The van der Waals surface area contributed by atoms with Gasteiger partial charge in [0.2, 0.25) is 5.91 Å². The smallest absolute Gasteiger partial charge is 0.255 e. The highest BCUT2D eigenvalue weighted by molar-refractivity contribution is 5.93. The fraction of sp³-hybridized carbons (Fsp3) is 0.409. The van der Waals surface area contributed by atoms with Crippen molar-refractivity contribution in [2.45, 2.75) is 25.7 Å². The van der Waals surface area contributed by atoms with Gasteiger partial charge < -0.3 is 15.0 Å². The van der Waals surface area contributed by atoms with E-state index < -0.39 is 0 Å². The average Bonchev–Trinajstić information content (AvgIpc) is 2.77. The molecule has 2 amide bonds. The third kappa shape index (κ3) is 5.55. The number of hydrogen-bond acceptors (Lipinski definition) is 4. The topological polar surface area (TPSA) is 71.5 Å². The monoisotopic (exact) mass is 381 g/mol. The summed E-state index contributed by atoms with van der Waals surface area (Å²) >= 11 is 0. The molecule has 1 aliphatic rings. The van der Waals surface area contributed by atoms with Gasteiger partial charge in [-0.2, -0.15) is 0 Å². The minimum absolute atomic E-state index is 0.0360. The molecule has 1 N–H and O–H groups in total. The third-order valence-electron chi connectivity index (χ3n) is 5.17.